The number of nitrogens with zero attached hydrogens (tertiary/aromatic N) is 2. The predicted molar refractivity (Wildman–Crippen MR) is 123 cm³/mol. The van der Waals surface area contributed by atoms with Crippen molar-refractivity contribution in [2.24, 2.45) is 5.73 Å². The third-order valence-electron chi connectivity index (χ3n) is 5.80. The minimum absolute atomic E-state index is 0.135. The number of rotatable bonds is 7. The number of amides is 2. The monoisotopic (exact) mass is 465 g/mol. The first kappa shape index (κ1) is 23.4. The SMILES string of the molecule is NC(=O)COc1cccc(C(=O)N2CCN(C(c3ccc(F)cc3)c3ccc(F)cc3)CC2)c1. The van der Waals surface area contributed by atoms with Gasteiger partial charge in [0.15, 0.2) is 6.61 Å². The second-order valence-corrected chi connectivity index (χ2v) is 8.12. The summed E-state index contributed by atoms with van der Waals surface area (Å²) in [6.07, 6.45) is 0. The topological polar surface area (TPSA) is 75.9 Å². The van der Waals surface area contributed by atoms with E-state index in [1.54, 1.807) is 53.4 Å². The van der Waals surface area contributed by atoms with E-state index in [0.29, 0.717) is 37.5 Å². The average molecular weight is 466 g/mol. The van der Waals surface area contributed by atoms with Crippen molar-refractivity contribution in [2.45, 2.75) is 6.04 Å². The zero-order valence-electron chi connectivity index (χ0n) is 18.5. The molecule has 1 fully saturated rings. The summed E-state index contributed by atoms with van der Waals surface area (Å²) in [4.78, 5) is 28.0. The van der Waals surface area contributed by atoms with Crippen molar-refractivity contribution in [3.63, 3.8) is 0 Å². The van der Waals surface area contributed by atoms with Crippen LogP contribution in [0.2, 0.25) is 0 Å². The Balaban J connectivity index is 1.48. The van der Waals surface area contributed by atoms with Gasteiger partial charge in [-0.15, -0.1) is 0 Å². The zero-order valence-corrected chi connectivity index (χ0v) is 18.5. The van der Waals surface area contributed by atoms with Gasteiger partial charge in [0.1, 0.15) is 17.4 Å². The number of benzene rings is 3. The number of carbonyl (C=O) groups excluding carboxylic acids is 2. The van der Waals surface area contributed by atoms with Crippen molar-refractivity contribution in [3.05, 3.63) is 101 Å². The third kappa shape index (κ3) is 5.58. The minimum atomic E-state index is -0.593. The van der Waals surface area contributed by atoms with E-state index in [4.69, 9.17) is 10.5 Å². The lowest BCUT2D eigenvalue weighted by Gasteiger charge is -2.39. The van der Waals surface area contributed by atoms with Gasteiger partial charge in [-0.2, -0.15) is 0 Å². The fourth-order valence-corrected chi connectivity index (χ4v) is 4.14. The van der Waals surface area contributed by atoms with E-state index in [2.05, 4.69) is 4.90 Å². The van der Waals surface area contributed by atoms with Crippen LogP contribution in [0.1, 0.15) is 27.5 Å². The maximum atomic E-state index is 13.5. The third-order valence-corrected chi connectivity index (χ3v) is 5.80. The molecule has 6 nitrogen and oxygen atoms in total. The van der Waals surface area contributed by atoms with Crippen LogP contribution >= 0.6 is 0 Å². The summed E-state index contributed by atoms with van der Waals surface area (Å²) < 4.78 is 32.4. The van der Waals surface area contributed by atoms with Crippen molar-refractivity contribution < 1.29 is 23.1 Å². The second-order valence-electron chi connectivity index (χ2n) is 8.12. The summed E-state index contributed by atoms with van der Waals surface area (Å²) in [5.74, 6) is -0.969. The molecule has 0 radical (unpaired) electrons. The Kier molecular flexibility index (Phi) is 7.18. The molecule has 0 aromatic heterocycles. The highest BCUT2D eigenvalue weighted by Gasteiger charge is 2.29. The van der Waals surface area contributed by atoms with Gasteiger partial charge in [-0.25, -0.2) is 8.78 Å². The molecule has 1 heterocycles. The van der Waals surface area contributed by atoms with E-state index in [-0.39, 0.29) is 30.2 Å². The van der Waals surface area contributed by atoms with Crippen LogP contribution < -0.4 is 10.5 Å². The van der Waals surface area contributed by atoms with Crippen LogP contribution in [0.4, 0.5) is 8.78 Å². The van der Waals surface area contributed by atoms with E-state index >= 15 is 0 Å². The van der Waals surface area contributed by atoms with Gasteiger partial charge >= 0.3 is 0 Å². The van der Waals surface area contributed by atoms with Gasteiger partial charge < -0.3 is 15.4 Å². The number of ether oxygens (including phenoxy) is 1. The highest BCUT2D eigenvalue weighted by atomic mass is 19.1. The van der Waals surface area contributed by atoms with Gasteiger partial charge in [0, 0.05) is 31.7 Å². The quantitative estimate of drug-likeness (QED) is 0.581. The lowest BCUT2D eigenvalue weighted by atomic mass is 9.96. The first-order chi connectivity index (χ1) is 16.4. The Morgan fingerprint density at radius 2 is 1.41 bits per heavy atom. The largest absolute Gasteiger partial charge is 0.484 e. The van der Waals surface area contributed by atoms with Gasteiger partial charge in [0.05, 0.1) is 6.04 Å². The van der Waals surface area contributed by atoms with Gasteiger partial charge in [0.25, 0.3) is 11.8 Å². The Morgan fingerprint density at radius 3 is 1.94 bits per heavy atom. The standard InChI is InChI=1S/C26H25F2N3O3/c27-21-8-4-18(5-9-21)25(19-6-10-22(28)11-7-19)30-12-14-31(15-13-30)26(33)20-2-1-3-23(16-20)34-17-24(29)32/h1-11,16,25H,12-15,17H2,(H2,29,32). The summed E-state index contributed by atoms with van der Waals surface area (Å²) in [6.45, 7) is 1.89. The number of hydrogen-bond donors (Lipinski definition) is 1. The van der Waals surface area contributed by atoms with E-state index in [1.165, 1.54) is 24.3 Å². The molecule has 1 aliphatic heterocycles. The summed E-state index contributed by atoms with van der Waals surface area (Å²) in [7, 11) is 0. The van der Waals surface area contributed by atoms with Crippen LogP contribution in [0.3, 0.4) is 0 Å². The predicted octanol–water partition coefficient (Wildman–Crippen LogP) is 3.38. The van der Waals surface area contributed by atoms with E-state index in [0.717, 1.165) is 11.1 Å². The molecule has 3 aromatic carbocycles. The molecule has 0 saturated carbocycles. The highest BCUT2D eigenvalue weighted by molar-refractivity contribution is 5.94. The Hall–Kier alpha value is -3.78. The van der Waals surface area contributed by atoms with E-state index in [9.17, 15) is 18.4 Å². The first-order valence-corrected chi connectivity index (χ1v) is 11.0. The van der Waals surface area contributed by atoms with Crippen LogP contribution in [0.5, 0.6) is 5.75 Å². The van der Waals surface area contributed by atoms with E-state index < -0.39 is 5.91 Å². The van der Waals surface area contributed by atoms with Gasteiger partial charge in [-0.1, -0.05) is 30.3 Å². The Bertz CT molecular complexity index is 1100. The van der Waals surface area contributed by atoms with Crippen LogP contribution in [0, 0.1) is 11.6 Å². The van der Waals surface area contributed by atoms with Gasteiger partial charge in [0.2, 0.25) is 0 Å². The normalized spacial score (nSPS) is 14.3. The summed E-state index contributed by atoms with van der Waals surface area (Å²) >= 11 is 0. The summed E-state index contributed by atoms with van der Waals surface area (Å²) in [5, 5.41) is 0. The molecule has 8 heteroatoms. The molecule has 1 saturated heterocycles. The number of piperazine rings is 1. The van der Waals surface area contributed by atoms with Crippen LogP contribution in [0.25, 0.3) is 0 Å². The fraction of sp³-hybridized carbons (Fsp3) is 0.231. The fourth-order valence-electron chi connectivity index (χ4n) is 4.14. The maximum absolute atomic E-state index is 13.5. The number of nitrogens with two attached hydrogens (primary N) is 1. The lowest BCUT2D eigenvalue weighted by molar-refractivity contribution is -0.119. The summed E-state index contributed by atoms with van der Waals surface area (Å²) in [6, 6.07) is 19.1. The number of hydrogen-bond acceptors (Lipinski definition) is 4. The van der Waals surface area contributed by atoms with Crippen molar-refractivity contribution in [1.29, 1.82) is 0 Å². The van der Waals surface area contributed by atoms with Crippen LogP contribution in [-0.2, 0) is 4.79 Å². The molecule has 176 valence electrons. The molecule has 3 aromatic rings. The molecular weight excluding hydrogens is 440 g/mol. The van der Waals surface area contributed by atoms with Gasteiger partial charge in [-0.3, -0.25) is 14.5 Å². The Morgan fingerprint density at radius 1 is 0.853 bits per heavy atom. The first-order valence-electron chi connectivity index (χ1n) is 11.0. The number of carbonyl (C=O) groups is 2. The van der Waals surface area contributed by atoms with Crippen molar-refractivity contribution in [3.8, 4) is 5.75 Å². The summed E-state index contributed by atoms with van der Waals surface area (Å²) in [5.41, 5.74) is 7.36. The molecule has 2 amide bonds. The van der Waals surface area contributed by atoms with Crippen molar-refractivity contribution >= 4 is 11.8 Å². The number of primary amides is 1. The smallest absolute Gasteiger partial charge is 0.255 e. The van der Waals surface area contributed by atoms with Crippen molar-refractivity contribution in [1.82, 2.24) is 9.80 Å². The molecular formula is C26H25F2N3O3. The molecule has 34 heavy (non-hydrogen) atoms. The molecule has 0 aliphatic carbocycles. The number of halogens is 2. The molecule has 0 bridgehead atoms. The van der Waals surface area contributed by atoms with Crippen LogP contribution in [-0.4, -0.2) is 54.4 Å². The van der Waals surface area contributed by atoms with E-state index in [1.807, 2.05) is 0 Å². The molecule has 0 unspecified atom stereocenters. The molecule has 2 N–H and O–H groups in total. The zero-order chi connectivity index (χ0) is 24.1. The molecule has 1 aliphatic rings. The minimum Gasteiger partial charge on any atom is -0.484 e. The maximum Gasteiger partial charge on any atom is 0.255 e. The van der Waals surface area contributed by atoms with Crippen molar-refractivity contribution in [2.75, 3.05) is 32.8 Å². The highest BCUT2D eigenvalue weighted by Crippen LogP contribution is 2.30. The average Bonchev–Trinajstić information content (AvgIpc) is 2.85. The van der Waals surface area contributed by atoms with Crippen LogP contribution in [0.15, 0.2) is 72.8 Å². The molecule has 4 rings (SSSR count). The van der Waals surface area contributed by atoms with Gasteiger partial charge in [-0.05, 0) is 53.6 Å². The molecule has 0 atom stereocenters. The second kappa shape index (κ2) is 10.4. The lowest BCUT2D eigenvalue weighted by Crippen LogP contribution is -2.49. The Labute approximate surface area is 196 Å². The molecule has 0 spiro atoms.